The van der Waals surface area contributed by atoms with Gasteiger partial charge in [0.05, 0.1) is 12.0 Å². The van der Waals surface area contributed by atoms with E-state index < -0.39 is 11.9 Å². The van der Waals surface area contributed by atoms with Gasteiger partial charge in [-0.3, -0.25) is 4.79 Å². The fourth-order valence-electron chi connectivity index (χ4n) is 3.01. The molecule has 0 aromatic heterocycles. The first kappa shape index (κ1) is 14.9. The smallest absolute Gasteiger partial charge is 0.317 e. The third-order valence-electron chi connectivity index (χ3n) is 4.62. The van der Waals surface area contributed by atoms with Gasteiger partial charge in [-0.05, 0) is 43.2 Å². The summed E-state index contributed by atoms with van der Waals surface area (Å²) in [5.74, 6) is -0.558. The summed E-state index contributed by atoms with van der Waals surface area (Å²) in [6.07, 6.45) is 3.05. The molecule has 0 bridgehead atoms. The van der Waals surface area contributed by atoms with Crippen molar-refractivity contribution in [2.24, 2.45) is 5.92 Å². The Hall–Kier alpha value is -2.04. The van der Waals surface area contributed by atoms with Crippen molar-refractivity contribution < 1.29 is 14.7 Å². The van der Waals surface area contributed by atoms with Crippen LogP contribution >= 0.6 is 0 Å². The highest BCUT2D eigenvalue weighted by molar-refractivity contribution is 5.77. The third-order valence-corrected chi connectivity index (χ3v) is 4.62. The van der Waals surface area contributed by atoms with Gasteiger partial charge in [0.15, 0.2) is 0 Å². The highest BCUT2D eigenvalue weighted by atomic mass is 16.4. The Balaban J connectivity index is 1.59. The molecule has 1 heterocycles. The molecule has 2 aliphatic rings. The van der Waals surface area contributed by atoms with Gasteiger partial charge in [-0.1, -0.05) is 24.3 Å². The Morgan fingerprint density at radius 1 is 1.32 bits per heavy atom. The molecular formula is C17H22N2O3. The zero-order chi connectivity index (χ0) is 15.7. The van der Waals surface area contributed by atoms with Crippen LogP contribution in [0.1, 0.15) is 49.3 Å². The molecule has 5 nitrogen and oxygen atoms in total. The average Bonchev–Trinajstić information content (AvgIpc) is 3.23. The summed E-state index contributed by atoms with van der Waals surface area (Å²) >= 11 is 0. The maximum Gasteiger partial charge on any atom is 0.317 e. The molecule has 1 aromatic carbocycles. The van der Waals surface area contributed by atoms with Crippen LogP contribution in [-0.2, 0) is 4.79 Å². The van der Waals surface area contributed by atoms with E-state index >= 15 is 0 Å². The van der Waals surface area contributed by atoms with Gasteiger partial charge in [-0.2, -0.15) is 0 Å². The molecule has 2 unspecified atom stereocenters. The van der Waals surface area contributed by atoms with Crippen molar-refractivity contribution in [2.75, 3.05) is 13.1 Å². The molecule has 1 saturated heterocycles. The van der Waals surface area contributed by atoms with E-state index in [0.717, 1.165) is 5.56 Å². The number of nitrogens with one attached hydrogen (secondary N) is 1. The van der Waals surface area contributed by atoms with Gasteiger partial charge in [-0.25, -0.2) is 4.79 Å². The lowest BCUT2D eigenvalue weighted by Crippen LogP contribution is -2.40. The third kappa shape index (κ3) is 3.24. The Morgan fingerprint density at radius 3 is 2.73 bits per heavy atom. The standard InChI is InChI=1S/C17H22N2O3/c1-11(13-3-2-4-14(9-13)12-5-6-12)18-17(22)19-8-7-15(10-19)16(20)21/h2-4,9,11-12,15H,5-8,10H2,1H3,(H,18,22)(H,20,21). The van der Waals surface area contributed by atoms with Gasteiger partial charge in [0.25, 0.3) is 0 Å². The Kier molecular flexibility index (Phi) is 4.05. The van der Waals surface area contributed by atoms with Crippen LogP contribution < -0.4 is 5.32 Å². The van der Waals surface area contributed by atoms with Crippen molar-refractivity contribution in [1.29, 1.82) is 0 Å². The maximum absolute atomic E-state index is 12.3. The van der Waals surface area contributed by atoms with Crippen molar-refractivity contribution in [3.8, 4) is 0 Å². The number of nitrogens with zero attached hydrogens (tertiary/aromatic N) is 1. The molecule has 118 valence electrons. The molecule has 0 radical (unpaired) electrons. The average molecular weight is 302 g/mol. The van der Waals surface area contributed by atoms with Crippen LogP contribution in [-0.4, -0.2) is 35.1 Å². The molecule has 2 N–H and O–H groups in total. The van der Waals surface area contributed by atoms with E-state index in [4.69, 9.17) is 5.11 Å². The molecule has 1 aromatic rings. The van der Waals surface area contributed by atoms with Gasteiger partial charge >= 0.3 is 12.0 Å². The largest absolute Gasteiger partial charge is 0.481 e. The zero-order valence-electron chi connectivity index (χ0n) is 12.8. The van der Waals surface area contributed by atoms with E-state index in [1.807, 2.05) is 19.1 Å². The van der Waals surface area contributed by atoms with E-state index in [1.54, 1.807) is 4.90 Å². The fourth-order valence-corrected chi connectivity index (χ4v) is 3.01. The number of likely N-dealkylation sites (tertiary alicyclic amines) is 1. The van der Waals surface area contributed by atoms with E-state index in [1.165, 1.54) is 18.4 Å². The number of aliphatic carboxylic acids is 1. The number of carbonyl (C=O) groups excluding carboxylic acids is 1. The zero-order valence-corrected chi connectivity index (χ0v) is 12.8. The number of carboxylic acids is 1. The van der Waals surface area contributed by atoms with Crippen molar-refractivity contribution in [2.45, 2.75) is 38.1 Å². The summed E-state index contributed by atoms with van der Waals surface area (Å²) in [7, 11) is 0. The summed E-state index contributed by atoms with van der Waals surface area (Å²) in [4.78, 5) is 24.8. The molecule has 2 amide bonds. The number of benzene rings is 1. The van der Waals surface area contributed by atoms with Crippen LogP contribution in [0.4, 0.5) is 4.79 Å². The predicted octanol–water partition coefficient (Wildman–Crippen LogP) is 2.74. The lowest BCUT2D eigenvalue weighted by molar-refractivity contribution is -0.141. The Labute approximate surface area is 130 Å². The van der Waals surface area contributed by atoms with Crippen LogP contribution in [0.5, 0.6) is 0 Å². The number of hydrogen-bond donors (Lipinski definition) is 2. The van der Waals surface area contributed by atoms with Crippen LogP contribution in [0, 0.1) is 5.92 Å². The normalized spacial score (nSPS) is 22.4. The molecule has 5 heteroatoms. The number of carbonyl (C=O) groups is 2. The van der Waals surface area contributed by atoms with Crippen LogP contribution in [0.2, 0.25) is 0 Å². The summed E-state index contributed by atoms with van der Waals surface area (Å²) in [6.45, 7) is 2.78. The van der Waals surface area contributed by atoms with Crippen LogP contribution in [0.3, 0.4) is 0 Å². The lowest BCUT2D eigenvalue weighted by Gasteiger charge is -2.21. The summed E-state index contributed by atoms with van der Waals surface area (Å²) < 4.78 is 0. The second kappa shape index (κ2) is 5.99. The number of hydrogen-bond acceptors (Lipinski definition) is 2. The van der Waals surface area contributed by atoms with Crippen molar-refractivity contribution in [3.05, 3.63) is 35.4 Å². The molecule has 0 spiro atoms. The van der Waals surface area contributed by atoms with Crippen molar-refractivity contribution in [1.82, 2.24) is 10.2 Å². The van der Waals surface area contributed by atoms with E-state index in [-0.39, 0.29) is 12.1 Å². The van der Waals surface area contributed by atoms with Crippen molar-refractivity contribution >= 4 is 12.0 Å². The molecular weight excluding hydrogens is 280 g/mol. The second-order valence-electron chi connectivity index (χ2n) is 6.39. The summed E-state index contributed by atoms with van der Waals surface area (Å²) in [5.41, 5.74) is 2.46. The Morgan fingerprint density at radius 2 is 2.09 bits per heavy atom. The molecule has 1 saturated carbocycles. The Bertz CT molecular complexity index is 583. The molecule has 22 heavy (non-hydrogen) atoms. The molecule has 2 fully saturated rings. The summed E-state index contributed by atoms with van der Waals surface area (Å²) in [5, 5.41) is 12.0. The minimum absolute atomic E-state index is 0.0740. The second-order valence-corrected chi connectivity index (χ2v) is 6.39. The molecule has 3 rings (SSSR count). The monoisotopic (exact) mass is 302 g/mol. The predicted molar refractivity (Wildman–Crippen MR) is 82.7 cm³/mol. The summed E-state index contributed by atoms with van der Waals surface area (Å²) in [6, 6.07) is 8.14. The maximum atomic E-state index is 12.3. The number of carboxylic acid groups (broad SMARTS) is 1. The van der Waals surface area contributed by atoms with E-state index in [2.05, 4.69) is 17.4 Å². The lowest BCUT2D eigenvalue weighted by atomic mass is 10.0. The fraction of sp³-hybridized carbons (Fsp3) is 0.529. The first-order chi connectivity index (χ1) is 10.5. The van der Waals surface area contributed by atoms with Crippen LogP contribution in [0.25, 0.3) is 0 Å². The van der Waals surface area contributed by atoms with E-state index in [0.29, 0.717) is 25.4 Å². The molecule has 2 atom stereocenters. The minimum atomic E-state index is -0.819. The van der Waals surface area contributed by atoms with Gasteiger partial charge in [0.1, 0.15) is 0 Å². The van der Waals surface area contributed by atoms with Gasteiger partial charge in [-0.15, -0.1) is 0 Å². The topological polar surface area (TPSA) is 69.6 Å². The van der Waals surface area contributed by atoms with Crippen molar-refractivity contribution in [3.63, 3.8) is 0 Å². The van der Waals surface area contributed by atoms with Crippen LogP contribution in [0.15, 0.2) is 24.3 Å². The van der Waals surface area contributed by atoms with Gasteiger partial charge < -0.3 is 15.3 Å². The SMILES string of the molecule is CC(NC(=O)N1CCC(C(=O)O)C1)c1cccc(C2CC2)c1. The van der Waals surface area contributed by atoms with E-state index in [9.17, 15) is 9.59 Å². The minimum Gasteiger partial charge on any atom is -0.481 e. The quantitative estimate of drug-likeness (QED) is 0.898. The first-order valence-electron chi connectivity index (χ1n) is 7.92. The number of rotatable bonds is 4. The first-order valence-corrected chi connectivity index (χ1v) is 7.92. The molecule has 1 aliphatic carbocycles. The number of urea groups is 1. The number of amides is 2. The molecule has 1 aliphatic heterocycles. The van der Waals surface area contributed by atoms with Gasteiger partial charge in [0.2, 0.25) is 0 Å². The highest BCUT2D eigenvalue weighted by Gasteiger charge is 2.31. The highest BCUT2D eigenvalue weighted by Crippen LogP contribution is 2.40. The van der Waals surface area contributed by atoms with Gasteiger partial charge in [0, 0.05) is 13.1 Å².